The van der Waals surface area contributed by atoms with Crippen molar-refractivity contribution in [3.8, 4) is 0 Å². The molecule has 0 fully saturated rings. The fourth-order valence-electron chi connectivity index (χ4n) is 1.09. The highest BCUT2D eigenvalue weighted by Crippen LogP contribution is 2.33. The Morgan fingerprint density at radius 2 is 1.72 bits per heavy atom. The van der Waals surface area contributed by atoms with Crippen molar-refractivity contribution in [1.82, 2.24) is 0 Å². The second kappa shape index (κ2) is 5.30. The molecule has 0 amide bonds. The van der Waals surface area contributed by atoms with Crippen molar-refractivity contribution in [2.45, 2.75) is 16.3 Å². The van der Waals surface area contributed by atoms with Crippen LogP contribution < -0.4 is 0 Å². The van der Waals surface area contributed by atoms with E-state index in [9.17, 15) is 22.8 Å². The Balaban J connectivity index is 2.98. The molecule has 0 aliphatic carbocycles. The molecule has 1 aromatic carbocycles. The van der Waals surface area contributed by atoms with Crippen LogP contribution in [0.1, 0.15) is 5.56 Å². The van der Waals surface area contributed by atoms with Gasteiger partial charge in [-0.3, -0.25) is 9.59 Å². The summed E-state index contributed by atoms with van der Waals surface area (Å²) in [7, 11) is 0. The van der Waals surface area contributed by atoms with Crippen molar-refractivity contribution >= 4 is 23.7 Å². The minimum atomic E-state index is -4.56. The largest absolute Gasteiger partial charge is 0.480 e. The highest BCUT2D eigenvalue weighted by Gasteiger charge is 2.32. The van der Waals surface area contributed by atoms with Crippen molar-refractivity contribution in [3.05, 3.63) is 29.8 Å². The summed E-state index contributed by atoms with van der Waals surface area (Å²) in [5, 5.41) is 15.4. The third-order valence-electron chi connectivity index (χ3n) is 1.86. The molecular weight excluding hydrogens is 273 g/mol. The van der Waals surface area contributed by atoms with Gasteiger partial charge in [0.2, 0.25) is 5.25 Å². The van der Waals surface area contributed by atoms with Gasteiger partial charge in [-0.05, 0) is 18.2 Å². The summed E-state index contributed by atoms with van der Waals surface area (Å²) >= 11 is 0.336. The first-order valence-electron chi connectivity index (χ1n) is 4.51. The minimum absolute atomic E-state index is 0.0698. The van der Waals surface area contributed by atoms with Crippen molar-refractivity contribution in [3.63, 3.8) is 0 Å². The fraction of sp³-hybridized carbons (Fsp3) is 0.200. The van der Waals surface area contributed by atoms with Gasteiger partial charge in [-0.1, -0.05) is 17.8 Å². The van der Waals surface area contributed by atoms with E-state index in [2.05, 4.69) is 0 Å². The predicted molar refractivity (Wildman–Crippen MR) is 56.4 cm³/mol. The maximum Gasteiger partial charge on any atom is 0.416 e. The predicted octanol–water partition coefficient (Wildman–Crippen LogP) is 2.34. The van der Waals surface area contributed by atoms with Crippen LogP contribution >= 0.6 is 11.8 Å². The monoisotopic (exact) mass is 280 g/mol. The van der Waals surface area contributed by atoms with Crippen LogP contribution in [0.3, 0.4) is 0 Å². The highest BCUT2D eigenvalue weighted by molar-refractivity contribution is 8.01. The number of carbonyl (C=O) groups is 2. The molecule has 0 saturated carbocycles. The Bertz CT molecular complexity index is 458. The molecule has 0 radical (unpaired) electrons. The molecule has 2 N–H and O–H groups in total. The zero-order chi connectivity index (χ0) is 13.9. The lowest BCUT2D eigenvalue weighted by Crippen LogP contribution is -2.26. The summed E-state index contributed by atoms with van der Waals surface area (Å²) in [6.07, 6.45) is -4.56. The van der Waals surface area contributed by atoms with Gasteiger partial charge in [-0.15, -0.1) is 0 Å². The van der Waals surface area contributed by atoms with Crippen LogP contribution in [0.4, 0.5) is 13.2 Å². The SMILES string of the molecule is O=C(O)C(Sc1cccc(C(F)(F)F)c1)C(=O)O. The van der Waals surface area contributed by atoms with Crippen molar-refractivity contribution in [1.29, 1.82) is 0 Å². The lowest BCUT2D eigenvalue weighted by atomic mass is 10.2. The smallest absolute Gasteiger partial charge is 0.416 e. The number of hydrogen-bond acceptors (Lipinski definition) is 3. The van der Waals surface area contributed by atoms with E-state index in [-0.39, 0.29) is 4.90 Å². The first kappa shape index (κ1) is 14.4. The Morgan fingerprint density at radius 1 is 1.17 bits per heavy atom. The van der Waals surface area contributed by atoms with E-state index in [0.717, 1.165) is 12.1 Å². The van der Waals surface area contributed by atoms with E-state index in [1.54, 1.807) is 0 Å². The molecule has 0 aliphatic heterocycles. The molecule has 4 nitrogen and oxygen atoms in total. The number of thioether (sulfide) groups is 1. The average Bonchev–Trinajstić information content (AvgIpc) is 2.24. The molecule has 98 valence electrons. The Labute approximate surface area is 103 Å². The second-order valence-electron chi connectivity index (χ2n) is 3.20. The topological polar surface area (TPSA) is 74.6 Å². The van der Waals surface area contributed by atoms with E-state index < -0.39 is 28.9 Å². The number of aliphatic carboxylic acids is 2. The van der Waals surface area contributed by atoms with Gasteiger partial charge in [0, 0.05) is 4.90 Å². The van der Waals surface area contributed by atoms with Crippen molar-refractivity contribution in [2.75, 3.05) is 0 Å². The summed E-state index contributed by atoms with van der Waals surface area (Å²) in [4.78, 5) is 21.1. The highest BCUT2D eigenvalue weighted by atomic mass is 32.2. The van der Waals surface area contributed by atoms with E-state index in [4.69, 9.17) is 10.2 Å². The van der Waals surface area contributed by atoms with Crippen LogP contribution in [0.2, 0.25) is 0 Å². The zero-order valence-corrected chi connectivity index (χ0v) is 9.46. The molecule has 0 spiro atoms. The van der Waals surface area contributed by atoms with Gasteiger partial charge in [0.25, 0.3) is 0 Å². The number of alkyl halides is 3. The molecule has 0 aliphatic rings. The fourth-order valence-corrected chi connectivity index (χ4v) is 1.91. The summed E-state index contributed by atoms with van der Waals surface area (Å²) in [5.41, 5.74) is -0.956. The summed E-state index contributed by atoms with van der Waals surface area (Å²) in [6.45, 7) is 0. The standard InChI is InChI=1S/C10H7F3O4S/c11-10(12,13)5-2-1-3-6(4-5)18-7(8(14)15)9(16)17/h1-4,7H,(H,14,15)(H,16,17). The number of hydrogen-bond donors (Lipinski definition) is 2. The van der Waals surface area contributed by atoms with Gasteiger partial charge in [0.1, 0.15) is 0 Å². The number of halogens is 3. The van der Waals surface area contributed by atoms with Gasteiger partial charge in [-0.25, -0.2) is 0 Å². The third-order valence-corrected chi connectivity index (χ3v) is 3.03. The van der Waals surface area contributed by atoms with Crippen molar-refractivity contribution < 1.29 is 33.0 Å². The Kier molecular flexibility index (Phi) is 4.23. The lowest BCUT2D eigenvalue weighted by Gasteiger charge is -2.10. The van der Waals surface area contributed by atoms with Gasteiger partial charge >= 0.3 is 18.1 Å². The second-order valence-corrected chi connectivity index (χ2v) is 4.38. The number of carboxylic acid groups (broad SMARTS) is 2. The Hall–Kier alpha value is -1.70. The molecular formula is C10H7F3O4S. The van der Waals surface area contributed by atoms with Gasteiger partial charge in [-0.2, -0.15) is 13.2 Å². The van der Waals surface area contributed by atoms with Crippen LogP contribution in [0.25, 0.3) is 0 Å². The zero-order valence-electron chi connectivity index (χ0n) is 8.64. The molecule has 8 heteroatoms. The Morgan fingerprint density at radius 3 is 2.17 bits per heavy atom. The van der Waals surface area contributed by atoms with E-state index in [0.29, 0.717) is 17.8 Å². The molecule has 0 atom stereocenters. The number of rotatable bonds is 4. The third kappa shape index (κ3) is 3.66. The first-order chi connectivity index (χ1) is 8.21. The lowest BCUT2D eigenvalue weighted by molar-refractivity contribution is -0.146. The number of benzene rings is 1. The first-order valence-corrected chi connectivity index (χ1v) is 5.39. The van der Waals surface area contributed by atoms with Gasteiger partial charge < -0.3 is 10.2 Å². The van der Waals surface area contributed by atoms with E-state index in [1.165, 1.54) is 6.07 Å². The molecule has 1 rings (SSSR count). The maximum atomic E-state index is 12.4. The van der Waals surface area contributed by atoms with Crippen molar-refractivity contribution in [2.24, 2.45) is 0 Å². The summed E-state index contributed by atoms with van der Waals surface area (Å²) < 4.78 is 37.1. The minimum Gasteiger partial charge on any atom is -0.480 e. The molecule has 0 aromatic heterocycles. The van der Waals surface area contributed by atoms with E-state index in [1.807, 2.05) is 0 Å². The van der Waals surface area contributed by atoms with Gasteiger partial charge in [0.05, 0.1) is 5.56 Å². The molecule has 18 heavy (non-hydrogen) atoms. The quantitative estimate of drug-likeness (QED) is 0.654. The summed E-state index contributed by atoms with van der Waals surface area (Å²) in [6, 6.07) is 3.84. The summed E-state index contributed by atoms with van der Waals surface area (Å²) in [5.74, 6) is -3.24. The van der Waals surface area contributed by atoms with Crippen LogP contribution in [-0.2, 0) is 15.8 Å². The molecule has 0 unspecified atom stereocenters. The number of carboxylic acids is 2. The van der Waals surface area contributed by atoms with E-state index >= 15 is 0 Å². The molecule has 0 heterocycles. The molecule has 0 bridgehead atoms. The van der Waals surface area contributed by atoms with Gasteiger partial charge in [0.15, 0.2) is 0 Å². The maximum absolute atomic E-state index is 12.4. The van der Waals surface area contributed by atoms with Crippen LogP contribution in [0.5, 0.6) is 0 Å². The molecule has 0 saturated heterocycles. The average molecular weight is 280 g/mol. The molecule has 1 aromatic rings. The van der Waals surface area contributed by atoms with Crippen LogP contribution in [0, 0.1) is 0 Å². The van der Waals surface area contributed by atoms with Crippen LogP contribution in [-0.4, -0.2) is 27.4 Å². The normalized spacial score (nSPS) is 11.6. The van der Waals surface area contributed by atoms with Crippen LogP contribution in [0.15, 0.2) is 29.2 Å².